The second-order valence-electron chi connectivity index (χ2n) is 6.70. The molecule has 0 aliphatic carbocycles. The van der Waals surface area contributed by atoms with E-state index in [-0.39, 0.29) is 11.8 Å². The Balaban J connectivity index is 1.66. The predicted octanol–water partition coefficient (Wildman–Crippen LogP) is 4.05. The van der Waals surface area contributed by atoms with Gasteiger partial charge in [0, 0.05) is 23.6 Å². The van der Waals surface area contributed by atoms with Crippen LogP contribution in [0.5, 0.6) is 0 Å². The van der Waals surface area contributed by atoms with Crippen molar-refractivity contribution < 1.29 is 9.59 Å². The zero-order valence-electron chi connectivity index (χ0n) is 16.0. The number of anilines is 3. The summed E-state index contributed by atoms with van der Waals surface area (Å²) in [5, 5.41) is 0. The molecule has 0 fully saturated rings. The SMILES string of the molecule is CCN(c1ccc(N2C(=O)c3ccccc3C2=O)cc1)c1nc(C)cc(C)n1. The Morgan fingerprint density at radius 3 is 1.89 bits per heavy atom. The molecule has 6 nitrogen and oxygen atoms in total. The first-order valence-corrected chi connectivity index (χ1v) is 9.17. The number of carbonyl (C=O) groups excluding carboxylic acids is 2. The molecule has 140 valence electrons. The summed E-state index contributed by atoms with van der Waals surface area (Å²) in [5.41, 5.74) is 4.14. The van der Waals surface area contributed by atoms with Gasteiger partial charge < -0.3 is 4.90 Å². The number of rotatable bonds is 4. The van der Waals surface area contributed by atoms with E-state index in [1.54, 1.807) is 36.4 Å². The summed E-state index contributed by atoms with van der Waals surface area (Å²) in [6.45, 7) is 6.60. The van der Waals surface area contributed by atoms with Gasteiger partial charge in [-0.1, -0.05) is 12.1 Å². The summed E-state index contributed by atoms with van der Waals surface area (Å²) >= 11 is 0. The van der Waals surface area contributed by atoms with Gasteiger partial charge in [0.1, 0.15) is 0 Å². The molecule has 2 heterocycles. The van der Waals surface area contributed by atoms with Crippen molar-refractivity contribution in [1.29, 1.82) is 0 Å². The number of amides is 2. The van der Waals surface area contributed by atoms with Crippen LogP contribution in [0.2, 0.25) is 0 Å². The molecule has 6 heteroatoms. The van der Waals surface area contributed by atoms with Crippen LogP contribution in [0.1, 0.15) is 39.0 Å². The van der Waals surface area contributed by atoms with Gasteiger partial charge in [0.25, 0.3) is 11.8 Å². The van der Waals surface area contributed by atoms with Crippen LogP contribution < -0.4 is 9.80 Å². The minimum atomic E-state index is -0.293. The molecule has 2 aromatic carbocycles. The Morgan fingerprint density at radius 2 is 1.39 bits per heavy atom. The summed E-state index contributed by atoms with van der Waals surface area (Å²) in [4.78, 5) is 37.6. The molecule has 3 aromatic rings. The third kappa shape index (κ3) is 2.93. The summed E-state index contributed by atoms with van der Waals surface area (Å²) < 4.78 is 0. The molecule has 4 rings (SSSR count). The molecule has 0 radical (unpaired) electrons. The van der Waals surface area contributed by atoms with Gasteiger partial charge >= 0.3 is 0 Å². The Hall–Kier alpha value is -3.54. The van der Waals surface area contributed by atoms with E-state index < -0.39 is 0 Å². The fourth-order valence-electron chi connectivity index (χ4n) is 3.47. The number of hydrogen-bond acceptors (Lipinski definition) is 5. The Labute approximate surface area is 163 Å². The summed E-state index contributed by atoms with van der Waals surface area (Å²) in [6.07, 6.45) is 0. The highest BCUT2D eigenvalue weighted by atomic mass is 16.2. The lowest BCUT2D eigenvalue weighted by Crippen LogP contribution is -2.29. The van der Waals surface area contributed by atoms with Gasteiger partial charge in [-0.2, -0.15) is 0 Å². The molecule has 0 spiro atoms. The number of aryl methyl sites for hydroxylation is 2. The molecule has 0 N–H and O–H groups in total. The van der Waals surface area contributed by atoms with Gasteiger partial charge in [0.15, 0.2) is 0 Å². The lowest BCUT2D eigenvalue weighted by Gasteiger charge is -2.22. The van der Waals surface area contributed by atoms with E-state index in [4.69, 9.17) is 0 Å². The standard InChI is InChI=1S/C22H20N4O2/c1-4-25(22-23-14(2)13-15(3)24-22)16-9-11-17(12-10-16)26-20(27)18-7-5-6-8-19(18)21(26)28/h5-13H,4H2,1-3H3. The molecular weight excluding hydrogens is 352 g/mol. The van der Waals surface area contributed by atoms with E-state index in [0.29, 0.717) is 29.3 Å². The molecule has 28 heavy (non-hydrogen) atoms. The predicted molar refractivity (Wildman–Crippen MR) is 108 cm³/mol. The van der Waals surface area contributed by atoms with Crippen molar-refractivity contribution in [1.82, 2.24) is 9.97 Å². The zero-order valence-corrected chi connectivity index (χ0v) is 16.0. The van der Waals surface area contributed by atoms with Gasteiger partial charge in [-0.25, -0.2) is 14.9 Å². The quantitative estimate of drug-likeness (QED) is 0.646. The van der Waals surface area contributed by atoms with Crippen molar-refractivity contribution in [2.24, 2.45) is 0 Å². The van der Waals surface area contributed by atoms with E-state index >= 15 is 0 Å². The molecule has 0 atom stereocenters. The van der Waals surface area contributed by atoms with Gasteiger partial charge in [-0.3, -0.25) is 9.59 Å². The van der Waals surface area contributed by atoms with Crippen molar-refractivity contribution in [3.8, 4) is 0 Å². The van der Waals surface area contributed by atoms with Crippen molar-refractivity contribution in [2.75, 3.05) is 16.3 Å². The minimum absolute atomic E-state index is 0.293. The molecule has 0 saturated carbocycles. The average molecular weight is 372 g/mol. The van der Waals surface area contributed by atoms with Gasteiger partial charge in [0.05, 0.1) is 16.8 Å². The average Bonchev–Trinajstić information content (AvgIpc) is 2.93. The zero-order chi connectivity index (χ0) is 19.8. The number of aromatic nitrogens is 2. The van der Waals surface area contributed by atoms with Crippen LogP contribution in [-0.2, 0) is 0 Å². The highest BCUT2D eigenvalue weighted by Crippen LogP contribution is 2.31. The smallest absolute Gasteiger partial charge is 0.266 e. The second kappa shape index (κ2) is 6.88. The van der Waals surface area contributed by atoms with Crippen LogP contribution in [0.4, 0.5) is 17.3 Å². The topological polar surface area (TPSA) is 66.4 Å². The summed E-state index contributed by atoms with van der Waals surface area (Å²) in [5.74, 6) is 0.0464. The van der Waals surface area contributed by atoms with E-state index in [1.807, 2.05) is 43.9 Å². The number of imide groups is 1. The Morgan fingerprint density at radius 1 is 0.857 bits per heavy atom. The van der Waals surface area contributed by atoms with Crippen molar-refractivity contribution in [2.45, 2.75) is 20.8 Å². The maximum absolute atomic E-state index is 12.7. The van der Waals surface area contributed by atoms with Crippen LogP contribution in [0.15, 0.2) is 54.6 Å². The van der Waals surface area contributed by atoms with E-state index in [2.05, 4.69) is 9.97 Å². The molecule has 1 aromatic heterocycles. The number of fused-ring (bicyclic) bond motifs is 1. The number of hydrogen-bond donors (Lipinski definition) is 0. The van der Waals surface area contributed by atoms with Gasteiger partial charge in [-0.05, 0) is 63.2 Å². The summed E-state index contributed by atoms with van der Waals surface area (Å²) in [7, 11) is 0. The van der Waals surface area contributed by atoms with Crippen LogP contribution in [0.25, 0.3) is 0 Å². The molecule has 2 amide bonds. The first-order chi connectivity index (χ1) is 13.5. The Bertz CT molecular complexity index is 1020. The third-order valence-corrected chi connectivity index (χ3v) is 4.74. The third-order valence-electron chi connectivity index (χ3n) is 4.74. The van der Waals surface area contributed by atoms with E-state index in [9.17, 15) is 9.59 Å². The first kappa shape index (κ1) is 17.9. The lowest BCUT2D eigenvalue weighted by molar-refractivity contribution is 0.0926. The van der Waals surface area contributed by atoms with Crippen molar-refractivity contribution in [3.05, 3.63) is 77.1 Å². The van der Waals surface area contributed by atoms with E-state index in [0.717, 1.165) is 17.1 Å². The largest absolute Gasteiger partial charge is 0.311 e. The number of nitrogens with zero attached hydrogens (tertiary/aromatic N) is 4. The first-order valence-electron chi connectivity index (χ1n) is 9.17. The molecular formula is C22H20N4O2. The van der Waals surface area contributed by atoms with Crippen LogP contribution in [0, 0.1) is 13.8 Å². The van der Waals surface area contributed by atoms with E-state index in [1.165, 1.54) is 4.90 Å². The molecule has 1 aliphatic heterocycles. The van der Waals surface area contributed by atoms with Crippen molar-refractivity contribution in [3.63, 3.8) is 0 Å². The fraction of sp³-hybridized carbons (Fsp3) is 0.182. The van der Waals surface area contributed by atoms with Gasteiger partial charge in [-0.15, -0.1) is 0 Å². The maximum Gasteiger partial charge on any atom is 0.266 e. The van der Waals surface area contributed by atoms with Crippen LogP contribution in [-0.4, -0.2) is 28.3 Å². The van der Waals surface area contributed by atoms with Gasteiger partial charge in [0.2, 0.25) is 5.95 Å². The lowest BCUT2D eigenvalue weighted by atomic mass is 10.1. The van der Waals surface area contributed by atoms with Crippen LogP contribution >= 0.6 is 0 Å². The molecule has 0 bridgehead atoms. The fourth-order valence-corrected chi connectivity index (χ4v) is 3.47. The van der Waals surface area contributed by atoms with Crippen LogP contribution in [0.3, 0.4) is 0 Å². The molecule has 0 unspecified atom stereocenters. The number of carbonyl (C=O) groups is 2. The normalized spacial score (nSPS) is 13.0. The highest BCUT2D eigenvalue weighted by Gasteiger charge is 2.36. The molecule has 1 aliphatic rings. The molecule has 0 saturated heterocycles. The highest BCUT2D eigenvalue weighted by molar-refractivity contribution is 6.34. The Kier molecular flexibility index (Phi) is 4.39. The number of benzene rings is 2. The second-order valence-corrected chi connectivity index (χ2v) is 6.70. The minimum Gasteiger partial charge on any atom is -0.311 e. The maximum atomic E-state index is 12.7. The van der Waals surface area contributed by atoms with Crippen molar-refractivity contribution >= 4 is 29.1 Å². The summed E-state index contributed by atoms with van der Waals surface area (Å²) in [6, 6.07) is 16.1. The monoisotopic (exact) mass is 372 g/mol.